The molecule has 33 heavy (non-hydrogen) atoms. The van der Waals surface area contributed by atoms with Crippen LogP contribution in [0.25, 0.3) is 10.6 Å². The zero-order valence-corrected chi connectivity index (χ0v) is 19.2. The first-order valence-corrected chi connectivity index (χ1v) is 11.7. The fourth-order valence-electron chi connectivity index (χ4n) is 4.41. The fraction of sp³-hybridized carbons (Fsp3) is 0.320. The predicted molar refractivity (Wildman–Crippen MR) is 123 cm³/mol. The van der Waals surface area contributed by atoms with Gasteiger partial charge in [-0.15, -0.1) is 11.3 Å². The van der Waals surface area contributed by atoms with Crippen LogP contribution in [0.3, 0.4) is 0 Å². The van der Waals surface area contributed by atoms with Crippen molar-refractivity contribution in [1.29, 1.82) is 0 Å². The first-order chi connectivity index (χ1) is 15.9. The van der Waals surface area contributed by atoms with E-state index < -0.39 is 23.5 Å². The Morgan fingerprint density at radius 1 is 1.21 bits per heavy atom. The first kappa shape index (κ1) is 21.6. The topological polar surface area (TPSA) is 92.9 Å². The predicted octanol–water partition coefficient (Wildman–Crippen LogP) is 4.78. The van der Waals surface area contributed by atoms with E-state index >= 15 is 0 Å². The molecule has 0 saturated carbocycles. The average molecular weight is 465 g/mol. The van der Waals surface area contributed by atoms with Crippen molar-refractivity contribution in [2.24, 2.45) is 0 Å². The van der Waals surface area contributed by atoms with Crippen molar-refractivity contribution >= 4 is 23.0 Å². The lowest BCUT2D eigenvalue weighted by Gasteiger charge is -2.27. The van der Waals surface area contributed by atoms with Crippen molar-refractivity contribution < 1.29 is 23.8 Å². The van der Waals surface area contributed by atoms with E-state index in [4.69, 9.17) is 9.15 Å². The SMILES string of the molecule is Cc1ccc(C2C(C(=O)c3sc(-c4ccccc4)nc3C)=C(O)C(=O)N2CC2CCCO2)o1. The monoisotopic (exact) mass is 464 g/mol. The minimum atomic E-state index is -0.815. The summed E-state index contributed by atoms with van der Waals surface area (Å²) in [6.45, 7) is 4.49. The quantitative estimate of drug-likeness (QED) is 0.528. The molecule has 2 aliphatic rings. The van der Waals surface area contributed by atoms with E-state index in [1.54, 1.807) is 26.0 Å². The van der Waals surface area contributed by atoms with Crippen molar-refractivity contribution in [3.8, 4) is 10.6 Å². The Kier molecular flexibility index (Phi) is 5.64. The molecule has 2 aromatic heterocycles. The minimum absolute atomic E-state index is 0.0266. The molecular formula is C25H24N2O5S. The summed E-state index contributed by atoms with van der Waals surface area (Å²) in [5.41, 5.74) is 1.49. The molecule has 4 heterocycles. The molecule has 1 aromatic carbocycles. The number of hydrogen-bond acceptors (Lipinski definition) is 7. The summed E-state index contributed by atoms with van der Waals surface area (Å²) in [5, 5.41) is 11.6. The number of carbonyl (C=O) groups is 2. The molecule has 3 aromatic rings. The zero-order chi connectivity index (χ0) is 23.1. The van der Waals surface area contributed by atoms with Gasteiger partial charge in [0.1, 0.15) is 22.6 Å². The Labute approximate surface area is 195 Å². The van der Waals surface area contributed by atoms with Gasteiger partial charge < -0.3 is 19.2 Å². The summed E-state index contributed by atoms with van der Waals surface area (Å²) in [5.74, 6) is -0.430. The molecule has 1 N–H and O–H groups in total. The number of carbonyl (C=O) groups excluding carboxylic acids is 2. The number of ether oxygens (including phenoxy) is 1. The number of ketones is 1. The summed E-state index contributed by atoms with van der Waals surface area (Å²) in [6, 6.07) is 12.3. The zero-order valence-electron chi connectivity index (χ0n) is 18.4. The summed E-state index contributed by atoms with van der Waals surface area (Å²) in [4.78, 5) is 33.3. The number of aromatic nitrogens is 1. The molecule has 1 amide bonds. The first-order valence-electron chi connectivity index (χ1n) is 10.9. The van der Waals surface area contributed by atoms with Crippen LogP contribution in [-0.2, 0) is 9.53 Å². The number of furan rings is 1. The number of Topliss-reactive ketones (excluding diaryl/α,β-unsaturated/α-hetero) is 1. The van der Waals surface area contributed by atoms with Crippen LogP contribution in [0, 0.1) is 13.8 Å². The number of benzene rings is 1. The molecule has 2 aliphatic heterocycles. The number of thiazole rings is 1. The highest BCUT2D eigenvalue weighted by atomic mass is 32.1. The van der Waals surface area contributed by atoms with Gasteiger partial charge in [0.05, 0.1) is 22.2 Å². The lowest BCUT2D eigenvalue weighted by molar-refractivity contribution is -0.131. The summed E-state index contributed by atoms with van der Waals surface area (Å²) < 4.78 is 11.6. The van der Waals surface area contributed by atoms with E-state index in [0.29, 0.717) is 33.7 Å². The molecular weight excluding hydrogens is 440 g/mol. The highest BCUT2D eigenvalue weighted by molar-refractivity contribution is 7.17. The molecule has 1 fully saturated rings. The second kappa shape index (κ2) is 8.61. The van der Waals surface area contributed by atoms with Gasteiger partial charge in [-0.2, -0.15) is 0 Å². The van der Waals surface area contributed by atoms with Gasteiger partial charge >= 0.3 is 0 Å². The summed E-state index contributed by atoms with van der Waals surface area (Å²) >= 11 is 1.26. The molecule has 0 spiro atoms. The van der Waals surface area contributed by atoms with Gasteiger partial charge in [0.2, 0.25) is 5.78 Å². The van der Waals surface area contributed by atoms with Gasteiger partial charge in [-0.1, -0.05) is 30.3 Å². The lowest BCUT2D eigenvalue weighted by atomic mass is 9.99. The minimum Gasteiger partial charge on any atom is -0.503 e. The van der Waals surface area contributed by atoms with E-state index in [0.717, 1.165) is 18.4 Å². The van der Waals surface area contributed by atoms with Crippen LogP contribution < -0.4 is 0 Å². The van der Waals surface area contributed by atoms with E-state index in [1.807, 2.05) is 30.3 Å². The normalized spacial score (nSPS) is 20.8. The van der Waals surface area contributed by atoms with Gasteiger partial charge in [0, 0.05) is 18.7 Å². The number of aliphatic hydroxyl groups excluding tert-OH is 1. The molecule has 2 unspecified atom stereocenters. The molecule has 1 saturated heterocycles. The van der Waals surface area contributed by atoms with E-state index in [1.165, 1.54) is 16.2 Å². The molecule has 170 valence electrons. The van der Waals surface area contributed by atoms with Crippen LogP contribution >= 0.6 is 11.3 Å². The number of aliphatic hydroxyl groups is 1. The van der Waals surface area contributed by atoms with Gasteiger partial charge in [-0.05, 0) is 38.8 Å². The lowest BCUT2D eigenvalue weighted by Crippen LogP contribution is -2.37. The van der Waals surface area contributed by atoms with Crippen molar-refractivity contribution in [3.05, 3.63) is 75.9 Å². The van der Waals surface area contributed by atoms with Crippen LogP contribution in [0.4, 0.5) is 0 Å². The molecule has 0 aliphatic carbocycles. The van der Waals surface area contributed by atoms with Crippen molar-refractivity contribution in [2.75, 3.05) is 13.2 Å². The van der Waals surface area contributed by atoms with Crippen LogP contribution in [0.15, 0.2) is 58.2 Å². The third kappa shape index (κ3) is 3.89. The number of aryl methyl sites for hydroxylation is 2. The molecule has 0 bridgehead atoms. The highest BCUT2D eigenvalue weighted by Crippen LogP contribution is 2.42. The van der Waals surface area contributed by atoms with Crippen molar-refractivity contribution in [3.63, 3.8) is 0 Å². The van der Waals surface area contributed by atoms with E-state index in [9.17, 15) is 14.7 Å². The Morgan fingerprint density at radius 2 is 2.00 bits per heavy atom. The van der Waals surface area contributed by atoms with Crippen LogP contribution in [0.1, 0.15) is 45.8 Å². The van der Waals surface area contributed by atoms with Crippen molar-refractivity contribution in [1.82, 2.24) is 9.88 Å². The molecule has 5 rings (SSSR count). The van der Waals surface area contributed by atoms with Crippen molar-refractivity contribution in [2.45, 2.75) is 38.8 Å². The van der Waals surface area contributed by atoms with Crippen LogP contribution in [0.2, 0.25) is 0 Å². The van der Waals surface area contributed by atoms with Crippen LogP contribution in [-0.4, -0.2) is 45.9 Å². The fourth-order valence-corrected chi connectivity index (χ4v) is 5.44. The van der Waals surface area contributed by atoms with Gasteiger partial charge in [-0.25, -0.2) is 4.98 Å². The van der Waals surface area contributed by atoms with E-state index in [2.05, 4.69) is 4.98 Å². The Balaban J connectivity index is 1.54. The smallest absolute Gasteiger partial charge is 0.290 e. The van der Waals surface area contributed by atoms with Gasteiger partial charge in [0.15, 0.2) is 5.76 Å². The van der Waals surface area contributed by atoms with Gasteiger partial charge in [0.25, 0.3) is 5.91 Å². The number of rotatable bonds is 6. The third-order valence-electron chi connectivity index (χ3n) is 6.03. The Bertz CT molecular complexity index is 1240. The molecule has 0 radical (unpaired) electrons. The number of amides is 1. The largest absolute Gasteiger partial charge is 0.503 e. The summed E-state index contributed by atoms with van der Waals surface area (Å²) in [6.07, 6.45) is 1.61. The second-order valence-corrected chi connectivity index (χ2v) is 9.33. The average Bonchev–Trinajstić information content (AvgIpc) is 3.60. The molecule has 7 nitrogen and oxygen atoms in total. The maximum Gasteiger partial charge on any atom is 0.290 e. The second-order valence-electron chi connectivity index (χ2n) is 8.33. The Morgan fingerprint density at radius 3 is 2.67 bits per heavy atom. The Hall–Kier alpha value is -3.23. The van der Waals surface area contributed by atoms with Crippen LogP contribution in [0.5, 0.6) is 0 Å². The standard InChI is InChI=1S/C25H24N2O5S/c1-14-10-11-18(32-14)20-19(22(29)25(30)27(20)13-17-9-6-12-31-17)21(28)23-15(2)26-24(33-23)16-7-4-3-5-8-16/h3-5,7-8,10-11,17,20,29H,6,9,12-13H2,1-2H3. The molecule has 2 atom stereocenters. The maximum absolute atomic E-state index is 13.7. The third-order valence-corrected chi connectivity index (χ3v) is 7.23. The summed E-state index contributed by atoms with van der Waals surface area (Å²) in [7, 11) is 0. The van der Waals surface area contributed by atoms with E-state index in [-0.39, 0.29) is 18.2 Å². The molecule has 8 heteroatoms. The van der Waals surface area contributed by atoms with Gasteiger partial charge in [-0.3, -0.25) is 9.59 Å². The number of nitrogens with zero attached hydrogens (tertiary/aromatic N) is 2. The maximum atomic E-state index is 13.7. The highest BCUT2D eigenvalue weighted by Gasteiger charge is 2.47. The number of hydrogen-bond donors (Lipinski definition) is 1.